The van der Waals surface area contributed by atoms with E-state index in [9.17, 15) is 5.11 Å². The number of fused-ring (bicyclic) bond motifs is 1. The average Bonchev–Trinajstić information content (AvgIpc) is 2.68. The number of benzene rings is 2. The molecule has 0 saturated heterocycles. The first-order valence-corrected chi connectivity index (χ1v) is 10.4. The lowest BCUT2D eigenvalue weighted by atomic mass is 9.69. The molecule has 0 heterocycles. The standard InChI is InChI=1S/C24H35NO2/c1-5-23(2,3)19-9-12-21(13-10-19)27-22-11-7-17-14-20(24(4,25)16-26)8-6-18(17)15-22/h6-8,11,14-15,19,21,26H,5,9-10,12-13,16,25H2,1-4H3/t19-,21+,24-/m0/s1. The molecule has 1 fully saturated rings. The number of aliphatic hydroxyl groups excluding tert-OH is 1. The number of hydrogen-bond acceptors (Lipinski definition) is 3. The summed E-state index contributed by atoms with van der Waals surface area (Å²) in [5, 5.41) is 11.8. The molecule has 2 aromatic rings. The lowest BCUT2D eigenvalue weighted by Gasteiger charge is -2.38. The van der Waals surface area contributed by atoms with Crippen molar-refractivity contribution >= 4 is 10.8 Å². The molecular weight excluding hydrogens is 334 g/mol. The van der Waals surface area contributed by atoms with Gasteiger partial charge in [0.1, 0.15) is 5.75 Å². The van der Waals surface area contributed by atoms with E-state index in [2.05, 4.69) is 51.1 Å². The van der Waals surface area contributed by atoms with Crippen LogP contribution in [-0.4, -0.2) is 17.8 Å². The third-order valence-corrected chi connectivity index (χ3v) is 6.79. The Hall–Kier alpha value is -1.58. The average molecular weight is 370 g/mol. The van der Waals surface area contributed by atoms with Gasteiger partial charge in [0.25, 0.3) is 0 Å². The van der Waals surface area contributed by atoms with Crippen LogP contribution in [0.1, 0.15) is 65.4 Å². The maximum atomic E-state index is 9.49. The molecule has 0 spiro atoms. The van der Waals surface area contributed by atoms with Crippen LogP contribution in [0.3, 0.4) is 0 Å². The van der Waals surface area contributed by atoms with E-state index in [0.29, 0.717) is 11.5 Å². The second-order valence-corrected chi connectivity index (χ2v) is 9.23. The topological polar surface area (TPSA) is 55.5 Å². The van der Waals surface area contributed by atoms with Crippen LogP contribution in [-0.2, 0) is 5.54 Å². The SMILES string of the molecule is CCC(C)(C)[C@H]1CC[C@@H](Oc2ccc3cc([C@@](C)(N)CO)ccc3c2)CC1. The van der Waals surface area contributed by atoms with Gasteiger partial charge in [0.15, 0.2) is 0 Å². The smallest absolute Gasteiger partial charge is 0.120 e. The summed E-state index contributed by atoms with van der Waals surface area (Å²) in [6.45, 7) is 8.88. The van der Waals surface area contributed by atoms with Crippen molar-refractivity contribution in [1.82, 2.24) is 0 Å². The molecular formula is C24H35NO2. The molecule has 0 bridgehead atoms. The van der Waals surface area contributed by atoms with E-state index in [1.807, 2.05) is 13.0 Å². The van der Waals surface area contributed by atoms with Crippen LogP contribution in [0.25, 0.3) is 10.8 Å². The minimum absolute atomic E-state index is 0.0722. The van der Waals surface area contributed by atoms with E-state index in [1.165, 1.54) is 19.3 Å². The van der Waals surface area contributed by atoms with Gasteiger partial charge >= 0.3 is 0 Å². The van der Waals surface area contributed by atoms with Crippen LogP contribution in [0.2, 0.25) is 0 Å². The summed E-state index contributed by atoms with van der Waals surface area (Å²) >= 11 is 0. The highest BCUT2D eigenvalue weighted by molar-refractivity contribution is 5.84. The quantitative estimate of drug-likeness (QED) is 0.719. The molecule has 3 rings (SSSR count). The first-order chi connectivity index (χ1) is 12.7. The van der Waals surface area contributed by atoms with Gasteiger partial charge in [-0.25, -0.2) is 0 Å². The first-order valence-electron chi connectivity index (χ1n) is 10.4. The number of nitrogens with two attached hydrogens (primary N) is 1. The fraction of sp³-hybridized carbons (Fsp3) is 0.583. The second kappa shape index (κ2) is 7.81. The highest BCUT2D eigenvalue weighted by atomic mass is 16.5. The van der Waals surface area contributed by atoms with Crippen molar-refractivity contribution in [3.63, 3.8) is 0 Å². The molecule has 0 aromatic heterocycles. The number of hydrogen-bond donors (Lipinski definition) is 2. The van der Waals surface area contributed by atoms with Crippen molar-refractivity contribution < 1.29 is 9.84 Å². The lowest BCUT2D eigenvalue weighted by Crippen LogP contribution is -2.36. The molecule has 3 N–H and O–H groups in total. The number of ether oxygens (including phenoxy) is 1. The van der Waals surface area contributed by atoms with Gasteiger partial charge < -0.3 is 15.6 Å². The summed E-state index contributed by atoms with van der Waals surface area (Å²) in [6, 6.07) is 12.4. The third-order valence-electron chi connectivity index (χ3n) is 6.79. The van der Waals surface area contributed by atoms with Crippen molar-refractivity contribution in [1.29, 1.82) is 0 Å². The molecule has 3 nitrogen and oxygen atoms in total. The van der Waals surface area contributed by atoms with Crippen LogP contribution in [0, 0.1) is 11.3 Å². The largest absolute Gasteiger partial charge is 0.490 e. The predicted octanol–water partition coefficient (Wildman–Crippen LogP) is 5.38. The zero-order valence-electron chi connectivity index (χ0n) is 17.3. The fourth-order valence-electron chi connectivity index (χ4n) is 4.19. The van der Waals surface area contributed by atoms with Gasteiger partial charge in [0.05, 0.1) is 18.2 Å². The highest BCUT2D eigenvalue weighted by Gasteiger charge is 2.32. The molecule has 3 heteroatoms. The van der Waals surface area contributed by atoms with Crippen molar-refractivity contribution in [2.75, 3.05) is 6.61 Å². The van der Waals surface area contributed by atoms with Crippen LogP contribution >= 0.6 is 0 Å². The molecule has 27 heavy (non-hydrogen) atoms. The minimum Gasteiger partial charge on any atom is -0.490 e. The maximum Gasteiger partial charge on any atom is 0.120 e. The van der Waals surface area contributed by atoms with Gasteiger partial charge in [0.2, 0.25) is 0 Å². The van der Waals surface area contributed by atoms with E-state index in [1.54, 1.807) is 0 Å². The van der Waals surface area contributed by atoms with Crippen molar-refractivity contribution in [3.8, 4) is 5.75 Å². The Balaban J connectivity index is 1.67. The third kappa shape index (κ3) is 4.47. The Kier molecular flexibility index (Phi) is 5.83. The second-order valence-electron chi connectivity index (χ2n) is 9.23. The van der Waals surface area contributed by atoms with E-state index in [-0.39, 0.29) is 6.61 Å². The number of rotatable bonds is 6. The Labute approximate surface area is 163 Å². The van der Waals surface area contributed by atoms with Gasteiger partial charge in [0, 0.05) is 0 Å². The molecule has 0 aliphatic heterocycles. The molecule has 0 unspecified atom stereocenters. The summed E-state index contributed by atoms with van der Waals surface area (Å²) < 4.78 is 6.31. The van der Waals surface area contributed by atoms with Gasteiger partial charge in [-0.15, -0.1) is 0 Å². The van der Waals surface area contributed by atoms with E-state index in [4.69, 9.17) is 10.5 Å². The summed E-state index contributed by atoms with van der Waals surface area (Å²) in [5.74, 6) is 1.76. The van der Waals surface area contributed by atoms with Crippen LogP contribution < -0.4 is 10.5 Å². The van der Waals surface area contributed by atoms with Gasteiger partial charge in [-0.05, 0) is 78.5 Å². The minimum atomic E-state index is -0.714. The Morgan fingerprint density at radius 3 is 2.26 bits per heavy atom. The number of aliphatic hydroxyl groups is 1. The Morgan fingerprint density at radius 1 is 1.00 bits per heavy atom. The zero-order valence-corrected chi connectivity index (χ0v) is 17.3. The summed E-state index contributed by atoms with van der Waals surface area (Å²) in [5.41, 5.74) is 6.83. The van der Waals surface area contributed by atoms with E-state index < -0.39 is 5.54 Å². The molecule has 148 valence electrons. The van der Waals surface area contributed by atoms with Crippen LogP contribution in [0.15, 0.2) is 36.4 Å². The molecule has 2 aromatic carbocycles. The van der Waals surface area contributed by atoms with Gasteiger partial charge in [-0.3, -0.25) is 0 Å². The molecule has 1 aliphatic carbocycles. The summed E-state index contributed by atoms with van der Waals surface area (Å²) in [7, 11) is 0. The van der Waals surface area contributed by atoms with Crippen molar-refractivity contribution in [2.45, 2.75) is 71.4 Å². The van der Waals surface area contributed by atoms with E-state index >= 15 is 0 Å². The van der Waals surface area contributed by atoms with E-state index in [0.717, 1.165) is 40.8 Å². The van der Waals surface area contributed by atoms with Crippen molar-refractivity contribution in [2.24, 2.45) is 17.1 Å². The normalized spacial score (nSPS) is 23.2. The maximum absolute atomic E-state index is 9.49. The van der Waals surface area contributed by atoms with Crippen molar-refractivity contribution in [3.05, 3.63) is 42.0 Å². The predicted molar refractivity (Wildman–Crippen MR) is 113 cm³/mol. The molecule has 1 saturated carbocycles. The highest BCUT2D eigenvalue weighted by Crippen LogP contribution is 2.41. The Bertz CT molecular complexity index is 773. The zero-order chi connectivity index (χ0) is 19.7. The lowest BCUT2D eigenvalue weighted by molar-refractivity contribution is 0.0780. The van der Waals surface area contributed by atoms with Crippen LogP contribution in [0.4, 0.5) is 0 Å². The fourth-order valence-corrected chi connectivity index (χ4v) is 4.19. The molecule has 0 radical (unpaired) electrons. The van der Waals surface area contributed by atoms with Crippen LogP contribution in [0.5, 0.6) is 5.75 Å². The summed E-state index contributed by atoms with van der Waals surface area (Å²) in [4.78, 5) is 0. The van der Waals surface area contributed by atoms with Gasteiger partial charge in [-0.1, -0.05) is 45.4 Å². The monoisotopic (exact) mass is 369 g/mol. The summed E-state index contributed by atoms with van der Waals surface area (Å²) in [6.07, 6.45) is 6.39. The Morgan fingerprint density at radius 2 is 1.63 bits per heavy atom. The molecule has 1 aliphatic rings. The van der Waals surface area contributed by atoms with Gasteiger partial charge in [-0.2, -0.15) is 0 Å². The molecule has 0 amide bonds. The molecule has 1 atom stereocenters. The first kappa shape index (κ1) is 20.2.